The van der Waals surface area contributed by atoms with Gasteiger partial charge in [-0.1, -0.05) is 19.8 Å². The van der Waals surface area contributed by atoms with E-state index in [1.165, 1.54) is 0 Å². The summed E-state index contributed by atoms with van der Waals surface area (Å²) in [6.45, 7) is 2.26. The number of hydrogen-bond acceptors (Lipinski definition) is 5. The van der Waals surface area contributed by atoms with E-state index < -0.39 is 18.3 Å². The number of carbonyl (C=O) groups excluding carboxylic acids is 1. The van der Waals surface area contributed by atoms with E-state index in [1.54, 1.807) is 0 Å². The summed E-state index contributed by atoms with van der Waals surface area (Å²) in [5, 5.41) is 19.0. The molecule has 0 amide bonds. The van der Waals surface area contributed by atoms with E-state index in [0.717, 1.165) is 19.3 Å². The standard InChI is InChI=1S/C11H20O5/c1-2-3-4-5-10(14)16-11-8(12)6-15-7-9(11)13/h8-9,11-13H,2-7H2,1H3. The van der Waals surface area contributed by atoms with Gasteiger partial charge < -0.3 is 19.7 Å². The molecule has 1 aliphatic heterocycles. The van der Waals surface area contributed by atoms with Crippen LogP contribution in [0.5, 0.6) is 0 Å². The van der Waals surface area contributed by atoms with Crippen LogP contribution in [-0.4, -0.2) is 47.7 Å². The summed E-state index contributed by atoms with van der Waals surface area (Å²) in [6.07, 6.45) is 0.430. The van der Waals surface area contributed by atoms with Crippen LogP contribution in [0.3, 0.4) is 0 Å². The van der Waals surface area contributed by atoms with Crippen LogP contribution in [0, 0.1) is 0 Å². The van der Waals surface area contributed by atoms with E-state index in [9.17, 15) is 15.0 Å². The van der Waals surface area contributed by atoms with Crippen LogP contribution in [0.25, 0.3) is 0 Å². The second kappa shape index (κ2) is 6.83. The maximum atomic E-state index is 11.4. The fourth-order valence-corrected chi connectivity index (χ4v) is 1.64. The number of esters is 1. The lowest BCUT2D eigenvalue weighted by atomic mass is 10.1. The monoisotopic (exact) mass is 232 g/mol. The molecular weight excluding hydrogens is 212 g/mol. The molecule has 0 radical (unpaired) electrons. The lowest BCUT2D eigenvalue weighted by molar-refractivity contribution is -0.188. The van der Waals surface area contributed by atoms with Crippen molar-refractivity contribution in [3.63, 3.8) is 0 Å². The Kier molecular flexibility index (Phi) is 5.73. The fraction of sp³-hybridized carbons (Fsp3) is 0.909. The zero-order valence-electron chi connectivity index (χ0n) is 9.59. The highest BCUT2D eigenvalue weighted by molar-refractivity contribution is 5.69. The van der Waals surface area contributed by atoms with Gasteiger partial charge in [0.1, 0.15) is 12.2 Å². The summed E-state index contributed by atoms with van der Waals surface area (Å²) in [5.74, 6) is -0.363. The van der Waals surface area contributed by atoms with E-state index in [4.69, 9.17) is 9.47 Å². The molecule has 2 unspecified atom stereocenters. The number of rotatable bonds is 5. The van der Waals surface area contributed by atoms with Crippen molar-refractivity contribution in [3.05, 3.63) is 0 Å². The number of unbranched alkanes of at least 4 members (excludes halogenated alkanes) is 2. The molecule has 0 spiro atoms. The van der Waals surface area contributed by atoms with Gasteiger partial charge in [-0.2, -0.15) is 0 Å². The Morgan fingerprint density at radius 1 is 1.31 bits per heavy atom. The number of aliphatic hydroxyl groups is 2. The molecule has 2 N–H and O–H groups in total. The Balaban J connectivity index is 2.30. The lowest BCUT2D eigenvalue weighted by Crippen LogP contribution is -2.49. The van der Waals surface area contributed by atoms with Gasteiger partial charge in [-0.3, -0.25) is 4.79 Å². The minimum absolute atomic E-state index is 0.101. The predicted molar refractivity (Wildman–Crippen MR) is 56.9 cm³/mol. The molecule has 1 rings (SSSR count). The quantitative estimate of drug-likeness (QED) is 0.524. The van der Waals surface area contributed by atoms with Crippen LogP contribution in [0.4, 0.5) is 0 Å². The average Bonchev–Trinajstić information content (AvgIpc) is 2.24. The first kappa shape index (κ1) is 13.4. The average molecular weight is 232 g/mol. The van der Waals surface area contributed by atoms with Gasteiger partial charge in [0.25, 0.3) is 0 Å². The van der Waals surface area contributed by atoms with Gasteiger partial charge in [0.05, 0.1) is 13.2 Å². The van der Waals surface area contributed by atoms with Crippen LogP contribution in [0.1, 0.15) is 32.6 Å². The van der Waals surface area contributed by atoms with Gasteiger partial charge in [-0.15, -0.1) is 0 Å². The lowest BCUT2D eigenvalue weighted by Gasteiger charge is -2.31. The van der Waals surface area contributed by atoms with Crippen LogP contribution >= 0.6 is 0 Å². The summed E-state index contributed by atoms with van der Waals surface area (Å²) < 4.78 is 9.96. The molecule has 1 aliphatic rings. The molecule has 2 atom stereocenters. The van der Waals surface area contributed by atoms with E-state index in [1.807, 2.05) is 0 Å². The first-order valence-corrected chi connectivity index (χ1v) is 5.78. The van der Waals surface area contributed by atoms with Crippen molar-refractivity contribution in [2.75, 3.05) is 13.2 Å². The number of ether oxygens (including phenoxy) is 2. The molecule has 94 valence electrons. The Morgan fingerprint density at radius 2 is 1.94 bits per heavy atom. The van der Waals surface area contributed by atoms with Crippen molar-refractivity contribution in [2.45, 2.75) is 50.9 Å². The van der Waals surface area contributed by atoms with Crippen molar-refractivity contribution in [3.8, 4) is 0 Å². The molecule has 5 heteroatoms. The largest absolute Gasteiger partial charge is 0.457 e. The fourth-order valence-electron chi connectivity index (χ4n) is 1.64. The highest BCUT2D eigenvalue weighted by Gasteiger charge is 2.34. The maximum absolute atomic E-state index is 11.4. The maximum Gasteiger partial charge on any atom is 0.306 e. The zero-order chi connectivity index (χ0) is 12.0. The van der Waals surface area contributed by atoms with Gasteiger partial charge >= 0.3 is 5.97 Å². The third kappa shape index (κ3) is 4.08. The Labute approximate surface area is 95.4 Å². The molecule has 0 aromatic heterocycles. The number of carbonyl (C=O) groups is 1. The third-order valence-electron chi connectivity index (χ3n) is 2.59. The van der Waals surface area contributed by atoms with Crippen LogP contribution < -0.4 is 0 Å². The highest BCUT2D eigenvalue weighted by atomic mass is 16.6. The van der Waals surface area contributed by atoms with Gasteiger partial charge in [0.15, 0.2) is 6.10 Å². The van der Waals surface area contributed by atoms with Crippen molar-refractivity contribution < 1.29 is 24.5 Å². The van der Waals surface area contributed by atoms with Crippen LogP contribution in [0.2, 0.25) is 0 Å². The molecule has 5 nitrogen and oxygen atoms in total. The Bertz CT molecular complexity index is 208. The SMILES string of the molecule is CCCCCC(=O)OC1C(O)COCC1O. The first-order valence-electron chi connectivity index (χ1n) is 5.78. The normalized spacial score (nSPS) is 30.1. The predicted octanol–water partition coefficient (Wildman–Crippen LogP) is 0.230. The molecule has 0 saturated carbocycles. The van der Waals surface area contributed by atoms with Crippen molar-refractivity contribution in [1.29, 1.82) is 0 Å². The minimum atomic E-state index is -0.932. The highest BCUT2D eigenvalue weighted by Crippen LogP contribution is 2.14. The molecule has 1 heterocycles. The molecular formula is C11H20O5. The van der Waals surface area contributed by atoms with Crippen LogP contribution in [-0.2, 0) is 14.3 Å². The summed E-state index contributed by atoms with van der Waals surface area (Å²) >= 11 is 0. The Morgan fingerprint density at radius 3 is 2.50 bits per heavy atom. The number of aliphatic hydroxyl groups excluding tert-OH is 2. The molecule has 0 bridgehead atoms. The first-order chi connectivity index (χ1) is 7.65. The zero-order valence-corrected chi connectivity index (χ0v) is 9.59. The summed E-state index contributed by atoms with van der Waals surface area (Å²) in [6, 6.07) is 0. The molecule has 1 saturated heterocycles. The topological polar surface area (TPSA) is 76.0 Å². The summed E-state index contributed by atoms with van der Waals surface area (Å²) in [5.41, 5.74) is 0. The van der Waals surface area contributed by atoms with E-state index in [0.29, 0.717) is 6.42 Å². The second-order valence-corrected chi connectivity index (χ2v) is 4.08. The van der Waals surface area contributed by atoms with Crippen molar-refractivity contribution >= 4 is 5.97 Å². The van der Waals surface area contributed by atoms with Crippen molar-refractivity contribution in [2.24, 2.45) is 0 Å². The van der Waals surface area contributed by atoms with Gasteiger partial charge in [-0.25, -0.2) is 0 Å². The second-order valence-electron chi connectivity index (χ2n) is 4.08. The number of hydrogen-bond donors (Lipinski definition) is 2. The molecule has 0 aromatic rings. The molecule has 1 fully saturated rings. The van der Waals surface area contributed by atoms with E-state index in [2.05, 4.69) is 6.92 Å². The summed E-state index contributed by atoms with van der Waals surface area (Å²) in [4.78, 5) is 11.4. The molecule has 0 aliphatic carbocycles. The molecule has 16 heavy (non-hydrogen) atoms. The van der Waals surface area contributed by atoms with E-state index in [-0.39, 0.29) is 19.2 Å². The third-order valence-corrected chi connectivity index (χ3v) is 2.59. The molecule has 0 aromatic carbocycles. The van der Waals surface area contributed by atoms with Gasteiger partial charge in [0.2, 0.25) is 0 Å². The van der Waals surface area contributed by atoms with Crippen molar-refractivity contribution in [1.82, 2.24) is 0 Å². The van der Waals surface area contributed by atoms with Gasteiger partial charge in [-0.05, 0) is 6.42 Å². The van der Waals surface area contributed by atoms with Crippen LogP contribution in [0.15, 0.2) is 0 Å². The Hall–Kier alpha value is -0.650. The minimum Gasteiger partial charge on any atom is -0.457 e. The summed E-state index contributed by atoms with van der Waals surface area (Å²) in [7, 11) is 0. The van der Waals surface area contributed by atoms with Gasteiger partial charge in [0, 0.05) is 6.42 Å². The van der Waals surface area contributed by atoms with E-state index >= 15 is 0 Å². The smallest absolute Gasteiger partial charge is 0.306 e.